The second-order valence-electron chi connectivity index (χ2n) is 6.52. The molecular formula is C18H22N2O4S2. The maximum atomic E-state index is 12.7. The average Bonchev–Trinajstić information content (AvgIpc) is 2.62. The smallest absolute Gasteiger partial charge is 0.207 e. The molecule has 1 unspecified atom stereocenters. The van der Waals surface area contributed by atoms with Crippen molar-refractivity contribution in [2.75, 3.05) is 14.1 Å². The summed E-state index contributed by atoms with van der Waals surface area (Å²) >= 11 is 0. The molecule has 0 heterocycles. The van der Waals surface area contributed by atoms with E-state index in [1.165, 1.54) is 43.9 Å². The van der Waals surface area contributed by atoms with Gasteiger partial charge >= 0.3 is 0 Å². The largest absolute Gasteiger partial charge is 0.242 e. The summed E-state index contributed by atoms with van der Waals surface area (Å²) in [5, 5.41) is 0. The Kier molecular flexibility index (Phi) is 5.21. The Morgan fingerprint density at radius 3 is 2.19 bits per heavy atom. The molecule has 140 valence electrons. The first kappa shape index (κ1) is 19.0. The number of hydrogen-bond donors (Lipinski definition) is 1. The number of hydrogen-bond acceptors (Lipinski definition) is 4. The lowest BCUT2D eigenvalue weighted by Crippen LogP contribution is -2.31. The maximum Gasteiger partial charge on any atom is 0.242 e. The van der Waals surface area contributed by atoms with Crippen molar-refractivity contribution in [3.63, 3.8) is 0 Å². The molecule has 3 rings (SSSR count). The molecule has 6 nitrogen and oxygen atoms in total. The highest BCUT2D eigenvalue weighted by Crippen LogP contribution is 2.31. The van der Waals surface area contributed by atoms with Crippen molar-refractivity contribution in [1.82, 2.24) is 9.03 Å². The molecule has 0 fully saturated rings. The van der Waals surface area contributed by atoms with Crippen LogP contribution in [0.15, 0.2) is 58.3 Å². The third-order valence-electron chi connectivity index (χ3n) is 4.58. The monoisotopic (exact) mass is 394 g/mol. The van der Waals surface area contributed by atoms with Crippen LogP contribution in [-0.4, -0.2) is 35.2 Å². The molecule has 0 spiro atoms. The highest BCUT2D eigenvalue weighted by molar-refractivity contribution is 7.89. The number of nitrogens with zero attached hydrogens (tertiary/aromatic N) is 1. The third kappa shape index (κ3) is 3.68. The van der Waals surface area contributed by atoms with Gasteiger partial charge in [0.15, 0.2) is 0 Å². The lowest BCUT2D eigenvalue weighted by molar-refractivity contribution is 0.507. The van der Waals surface area contributed by atoms with Crippen molar-refractivity contribution in [3.8, 4) is 0 Å². The van der Waals surface area contributed by atoms with Crippen molar-refractivity contribution in [1.29, 1.82) is 0 Å². The zero-order valence-electron chi connectivity index (χ0n) is 14.7. The van der Waals surface area contributed by atoms with Crippen LogP contribution < -0.4 is 4.72 Å². The first-order valence-electron chi connectivity index (χ1n) is 8.34. The van der Waals surface area contributed by atoms with Crippen LogP contribution in [0, 0.1) is 0 Å². The van der Waals surface area contributed by atoms with Gasteiger partial charge in [0.05, 0.1) is 9.79 Å². The Bertz CT molecular complexity index is 998. The van der Waals surface area contributed by atoms with Gasteiger partial charge < -0.3 is 0 Å². The summed E-state index contributed by atoms with van der Waals surface area (Å²) in [6.07, 6.45) is 2.61. The fourth-order valence-corrected chi connectivity index (χ4v) is 5.28. The van der Waals surface area contributed by atoms with Crippen LogP contribution in [-0.2, 0) is 26.5 Å². The van der Waals surface area contributed by atoms with E-state index in [1.54, 1.807) is 0 Å². The van der Waals surface area contributed by atoms with Gasteiger partial charge in [-0.3, -0.25) is 0 Å². The Labute approximate surface area is 155 Å². The van der Waals surface area contributed by atoms with Crippen molar-refractivity contribution in [2.45, 2.75) is 35.1 Å². The summed E-state index contributed by atoms with van der Waals surface area (Å²) < 4.78 is 53.5. The second-order valence-corrected chi connectivity index (χ2v) is 10.4. The van der Waals surface area contributed by atoms with E-state index in [0.717, 1.165) is 29.1 Å². The van der Waals surface area contributed by atoms with E-state index in [9.17, 15) is 16.8 Å². The normalized spacial score (nSPS) is 17.9. The van der Waals surface area contributed by atoms with Crippen LogP contribution in [0.2, 0.25) is 0 Å². The SMILES string of the molecule is CN(C)S(=O)(=O)c1ccc(S(=O)(=O)NC2CCCc3ccccc32)cc1. The van der Waals surface area contributed by atoms with Gasteiger partial charge in [-0.2, -0.15) is 0 Å². The molecule has 1 aliphatic carbocycles. The zero-order valence-corrected chi connectivity index (χ0v) is 16.3. The summed E-state index contributed by atoms with van der Waals surface area (Å²) in [6, 6.07) is 12.9. The van der Waals surface area contributed by atoms with Gasteiger partial charge in [-0.15, -0.1) is 0 Å². The number of rotatable bonds is 5. The number of sulfonamides is 2. The molecular weight excluding hydrogens is 372 g/mol. The fourth-order valence-electron chi connectivity index (χ4n) is 3.13. The average molecular weight is 395 g/mol. The van der Waals surface area contributed by atoms with Crippen LogP contribution in [0.25, 0.3) is 0 Å². The third-order valence-corrected chi connectivity index (χ3v) is 7.90. The maximum absolute atomic E-state index is 12.7. The summed E-state index contributed by atoms with van der Waals surface area (Å²) in [7, 11) is -4.47. The summed E-state index contributed by atoms with van der Waals surface area (Å²) in [6.45, 7) is 0. The molecule has 1 atom stereocenters. The molecule has 8 heteroatoms. The Morgan fingerprint density at radius 2 is 1.54 bits per heavy atom. The first-order valence-corrected chi connectivity index (χ1v) is 11.3. The van der Waals surface area contributed by atoms with Gasteiger partial charge in [0, 0.05) is 20.1 Å². The van der Waals surface area contributed by atoms with Crippen LogP contribution in [0.3, 0.4) is 0 Å². The number of nitrogens with one attached hydrogen (secondary N) is 1. The predicted octanol–water partition coefficient (Wildman–Crippen LogP) is 2.29. The minimum absolute atomic E-state index is 0.0539. The molecule has 0 radical (unpaired) electrons. The van der Waals surface area contributed by atoms with Crippen LogP contribution in [0.1, 0.15) is 30.0 Å². The van der Waals surface area contributed by atoms with E-state index in [2.05, 4.69) is 4.72 Å². The number of fused-ring (bicyclic) bond motifs is 1. The lowest BCUT2D eigenvalue weighted by atomic mass is 9.88. The van der Waals surface area contributed by atoms with Crippen molar-refractivity contribution in [2.24, 2.45) is 0 Å². The molecule has 0 saturated carbocycles. The Hall–Kier alpha value is -1.74. The molecule has 1 N–H and O–H groups in total. The number of aryl methyl sites for hydroxylation is 1. The van der Waals surface area contributed by atoms with E-state index in [4.69, 9.17) is 0 Å². The molecule has 1 aliphatic rings. The van der Waals surface area contributed by atoms with Gasteiger partial charge in [-0.1, -0.05) is 24.3 Å². The molecule has 0 aromatic heterocycles. The predicted molar refractivity (Wildman–Crippen MR) is 99.8 cm³/mol. The van der Waals surface area contributed by atoms with Crippen LogP contribution in [0.4, 0.5) is 0 Å². The van der Waals surface area contributed by atoms with Gasteiger partial charge in [0.1, 0.15) is 0 Å². The quantitative estimate of drug-likeness (QED) is 0.843. The Balaban J connectivity index is 1.86. The van der Waals surface area contributed by atoms with Crippen molar-refractivity contribution in [3.05, 3.63) is 59.7 Å². The van der Waals surface area contributed by atoms with Gasteiger partial charge in [-0.25, -0.2) is 25.9 Å². The minimum Gasteiger partial charge on any atom is -0.207 e. The standard InChI is InChI=1S/C18H22N2O4S2/c1-20(2)26(23,24)16-12-10-15(11-13-16)25(21,22)19-18-9-5-7-14-6-3-4-8-17(14)18/h3-4,6,8,10-13,18-19H,5,7,9H2,1-2H3. The lowest BCUT2D eigenvalue weighted by Gasteiger charge is -2.26. The van der Waals surface area contributed by atoms with Gasteiger partial charge in [0.25, 0.3) is 0 Å². The van der Waals surface area contributed by atoms with E-state index >= 15 is 0 Å². The highest BCUT2D eigenvalue weighted by atomic mass is 32.2. The summed E-state index contributed by atoms with van der Waals surface area (Å²) in [5.74, 6) is 0. The highest BCUT2D eigenvalue weighted by Gasteiger charge is 2.26. The summed E-state index contributed by atoms with van der Waals surface area (Å²) in [5.41, 5.74) is 2.17. The first-order chi connectivity index (χ1) is 12.2. The van der Waals surface area contributed by atoms with Crippen molar-refractivity contribution >= 4 is 20.0 Å². The molecule has 26 heavy (non-hydrogen) atoms. The zero-order chi connectivity index (χ0) is 18.9. The van der Waals surface area contributed by atoms with E-state index in [0.29, 0.717) is 0 Å². The topological polar surface area (TPSA) is 83.6 Å². The van der Waals surface area contributed by atoms with Gasteiger partial charge in [0.2, 0.25) is 20.0 Å². The molecule has 0 saturated heterocycles. The Morgan fingerprint density at radius 1 is 0.923 bits per heavy atom. The molecule has 0 bridgehead atoms. The number of benzene rings is 2. The van der Waals surface area contributed by atoms with Crippen LogP contribution >= 0.6 is 0 Å². The van der Waals surface area contributed by atoms with Crippen molar-refractivity contribution < 1.29 is 16.8 Å². The van der Waals surface area contributed by atoms with Crippen LogP contribution in [0.5, 0.6) is 0 Å². The minimum atomic E-state index is -3.74. The van der Waals surface area contributed by atoms with E-state index < -0.39 is 20.0 Å². The van der Waals surface area contributed by atoms with Gasteiger partial charge in [-0.05, 0) is 54.7 Å². The van der Waals surface area contributed by atoms with E-state index in [1.807, 2.05) is 24.3 Å². The van der Waals surface area contributed by atoms with E-state index in [-0.39, 0.29) is 15.8 Å². The fraction of sp³-hybridized carbons (Fsp3) is 0.333. The molecule has 0 amide bonds. The molecule has 2 aromatic rings. The summed E-state index contributed by atoms with van der Waals surface area (Å²) in [4.78, 5) is 0.114. The molecule has 2 aromatic carbocycles. The molecule has 0 aliphatic heterocycles. The second kappa shape index (κ2) is 7.11.